The third-order valence-corrected chi connectivity index (χ3v) is 4.53. The second kappa shape index (κ2) is 7.52. The fourth-order valence-corrected chi connectivity index (χ4v) is 3.13. The summed E-state index contributed by atoms with van der Waals surface area (Å²) < 4.78 is 5.83. The van der Waals surface area contributed by atoms with Gasteiger partial charge in [-0.25, -0.2) is 4.98 Å². The molecule has 6 heteroatoms. The van der Waals surface area contributed by atoms with Crippen LogP contribution in [-0.4, -0.2) is 23.3 Å². The maximum Gasteiger partial charge on any atom is 0.264 e. The lowest BCUT2D eigenvalue weighted by Gasteiger charge is -2.21. The molecule has 0 atom stereocenters. The van der Waals surface area contributed by atoms with E-state index in [2.05, 4.69) is 17.2 Å². The average molecular weight is 373 g/mol. The number of nitrogens with one attached hydrogen (secondary N) is 1. The summed E-state index contributed by atoms with van der Waals surface area (Å²) in [6.07, 6.45) is 2.45. The second-order valence-electron chi connectivity index (χ2n) is 6.42. The molecule has 1 aromatic heterocycles. The second-order valence-corrected chi connectivity index (χ2v) is 6.42. The summed E-state index contributed by atoms with van der Waals surface area (Å²) in [5.74, 6) is 0.0989. The number of anilines is 2. The van der Waals surface area contributed by atoms with Gasteiger partial charge in [-0.1, -0.05) is 31.2 Å². The monoisotopic (exact) mass is 373 g/mol. The highest BCUT2D eigenvalue weighted by Crippen LogP contribution is 2.37. The molecule has 0 aliphatic carbocycles. The van der Waals surface area contributed by atoms with E-state index in [1.54, 1.807) is 36.5 Å². The van der Waals surface area contributed by atoms with E-state index in [0.717, 1.165) is 12.0 Å². The lowest BCUT2D eigenvalue weighted by atomic mass is 10.1. The first-order valence-corrected chi connectivity index (χ1v) is 9.08. The Labute approximate surface area is 162 Å². The van der Waals surface area contributed by atoms with Crippen LogP contribution in [0.25, 0.3) is 0 Å². The predicted octanol–water partition coefficient (Wildman–Crippen LogP) is 4.04. The van der Waals surface area contributed by atoms with Crippen molar-refractivity contribution in [3.8, 4) is 11.6 Å². The Balaban J connectivity index is 1.64. The zero-order chi connectivity index (χ0) is 19.5. The van der Waals surface area contributed by atoms with Gasteiger partial charge in [0.25, 0.3) is 5.91 Å². The number of nitrogens with zero attached hydrogens (tertiary/aromatic N) is 2. The number of para-hydroxylation sites is 2. The van der Waals surface area contributed by atoms with Gasteiger partial charge in [-0.15, -0.1) is 0 Å². The van der Waals surface area contributed by atoms with Gasteiger partial charge in [0.2, 0.25) is 11.8 Å². The van der Waals surface area contributed by atoms with Crippen LogP contribution in [0.3, 0.4) is 0 Å². The number of hydrogen-bond donors (Lipinski definition) is 1. The van der Waals surface area contributed by atoms with E-state index in [0.29, 0.717) is 22.7 Å². The Kier molecular flexibility index (Phi) is 4.76. The molecule has 0 bridgehead atoms. The number of hydrogen-bond acceptors (Lipinski definition) is 4. The number of aromatic nitrogens is 1. The van der Waals surface area contributed by atoms with Gasteiger partial charge in [0, 0.05) is 11.9 Å². The van der Waals surface area contributed by atoms with Gasteiger partial charge in [-0.3, -0.25) is 14.5 Å². The van der Waals surface area contributed by atoms with Gasteiger partial charge < -0.3 is 10.1 Å². The van der Waals surface area contributed by atoms with Crippen LogP contribution in [0.1, 0.15) is 22.8 Å². The summed E-state index contributed by atoms with van der Waals surface area (Å²) in [5, 5.41) is 2.87. The molecule has 0 unspecified atom stereocenters. The predicted molar refractivity (Wildman–Crippen MR) is 107 cm³/mol. The molecule has 0 saturated heterocycles. The third kappa shape index (κ3) is 3.44. The van der Waals surface area contributed by atoms with Gasteiger partial charge in [0.15, 0.2) is 5.75 Å². The zero-order valence-electron chi connectivity index (χ0n) is 15.4. The molecule has 0 spiro atoms. The molecule has 3 aromatic rings. The number of pyridine rings is 1. The van der Waals surface area contributed by atoms with Crippen molar-refractivity contribution in [1.82, 2.24) is 4.98 Å². The lowest BCUT2D eigenvalue weighted by molar-refractivity contribution is -0.114. The van der Waals surface area contributed by atoms with Crippen LogP contribution in [0.15, 0.2) is 66.9 Å². The highest BCUT2D eigenvalue weighted by molar-refractivity contribution is 6.12. The first kappa shape index (κ1) is 17.7. The number of aryl methyl sites for hydroxylation is 1. The van der Waals surface area contributed by atoms with Crippen LogP contribution in [0, 0.1) is 0 Å². The summed E-state index contributed by atoms with van der Waals surface area (Å²) in [7, 11) is 0. The van der Waals surface area contributed by atoms with Crippen LogP contribution in [0.5, 0.6) is 11.6 Å². The Morgan fingerprint density at radius 3 is 2.82 bits per heavy atom. The molecule has 2 amide bonds. The number of carbonyl (C=O) groups is 2. The van der Waals surface area contributed by atoms with Gasteiger partial charge in [0.05, 0.1) is 5.69 Å². The highest BCUT2D eigenvalue weighted by Gasteiger charge is 2.30. The van der Waals surface area contributed by atoms with E-state index < -0.39 is 0 Å². The zero-order valence-corrected chi connectivity index (χ0v) is 15.4. The first-order valence-electron chi connectivity index (χ1n) is 9.08. The van der Waals surface area contributed by atoms with E-state index in [-0.39, 0.29) is 24.2 Å². The van der Waals surface area contributed by atoms with Gasteiger partial charge in [-0.05, 0) is 48.4 Å². The standard InChI is InChI=1S/C22H19N3O3/c1-2-15-7-5-8-16(13-15)24-20(26)14-25-18-10-3-4-11-19(18)28-21-17(22(25)27)9-6-12-23-21/h3-13H,2,14H2,1H3,(H,24,26). The topological polar surface area (TPSA) is 71.5 Å². The summed E-state index contributed by atoms with van der Waals surface area (Å²) in [6, 6.07) is 18.1. The van der Waals surface area contributed by atoms with Crippen molar-refractivity contribution in [2.24, 2.45) is 0 Å². The minimum absolute atomic E-state index is 0.135. The highest BCUT2D eigenvalue weighted by atomic mass is 16.5. The first-order chi connectivity index (χ1) is 13.7. The average Bonchev–Trinajstić information content (AvgIpc) is 2.83. The molecule has 140 valence electrons. The number of ether oxygens (including phenoxy) is 1. The van der Waals surface area contributed by atoms with E-state index in [9.17, 15) is 9.59 Å². The molecule has 1 N–H and O–H groups in total. The molecule has 0 radical (unpaired) electrons. The number of carbonyl (C=O) groups excluding carboxylic acids is 2. The van der Waals surface area contributed by atoms with Crippen molar-refractivity contribution in [2.75, 3.05) is 16.8 Å². The number of fused-ring (bicyclic) bond motifs is 2. The summed E-state index contributed by atoms with van der Waals surface area (Å²) in [4.78, 5) is 31.4. The normalized spacial score (nSPS) is 12.5. The number of benzene rings is 2. The van der Waals surface area contributed by atoms with Crippen molar-refractivity contribution in [3.05, 3.63) is 78.0 Å². The van der Waals surface area contributed by atoms with Gasteiger partial charge in [-0.2, -0.15) is 0 Å². The largest absolute Gasteiger partial charge is 0.436 e. The molecule has 2 aromatic carbocycles. The Hall–Kier alpha value is -3.67. The lowest BCUT2D eigenvalue weighted by Crippen LogP contribution is -2.37. The molecule has 28 heavy (non-hydrogen) atoms. The quantitative estimate of drug-likeness (QED) is 0.749. The van der Waals surface area contributed by atoms with Gasteiger partial charge >= 0.3 is 0 Å². The number of rotatable bonds is 4. The van der Waals surface area contributed by atoms with Crippen molar-refractivity contribution in [2.45, 2.75) is 13.3 Å². The Morgan fingerprint density at radius 1 is 1.11 bits per heavy atom. The molecule has 4 rings (SSSR count). The third-order valence-electron chi connectivity index (χ3n) is 4.53. The van der Waals surface area contributed by atoms with Gasteiger partial charge in [0.1, 0.15) is 12.1 Å². The van der Waals surface area contributed by atoms with E-state index >= 15 is 0 Å². The molecule has 0 saturated carbocycles. The Morgan fingerprint density at radius 2 is 1.96 bits per heavy atom. The van der Waals surface area contributed by atoms with Crippen LogP contribution >= 0.6 is 0 Å². The molecule has 6 nitrogen and oxygen atoms in total. The smallest absolute Gasteiger partial charge is 0.264 e. The van der Waals surface area contributed by atoms with E-state index in [1.165, 1.54) is 4.90 Å². The van der Waals surface area contributed by atoms with Crippen LogP contribution in [0.4, 0.5) is 11.4 Å². The van der Waals surface area contributed by atoms with Crippen LogP contribution in [-0.2, 0) is 11.2 Å². The number of amides is 2. The molecule has 2 heterocycles. The summed E-state index contributed by atoms with van der Waals surface area (Å²) in [5.41, 5.74) is 2.68. The van der Waals surface area contributed by atoms with Crippen molar-refractivity contribution in [3.63, 3.8) is 0 Å². The molecule has 1 aliphatic rings. The SMILES string of the molecule is CCc1cccc(NC(=O)CN2C(=O)c3cccnc3Oc3ccccc32)c1. The van der Waals surface area contributed by atoms with Crippen LogP contribution in [0.2, 0.25) is 0 Å². The minimum atomic E-state index is -0.328. The molecular weight excluding hydrogens is 354 g/mol. The fourth-order valence-electron chi connectivity index (χ4n) is 3.13. The van der Waals surface area contributed by atoms with Crippen molar-refractivity contribution < 1.29 is 14.3 Å². The maximum atomic E-state index is 13.1. The molecular formula is C22H19N3O3. The van der Waals surface area contributed by atoms with Crippen molar-refractivity contribution in [1.29, 1.82) is 0 Å². The minimum Gasteiger partial charge on any atom is -0.436 e. The van der Waals surface area contributed by atoms with E-state index in [4.69, 9.17) is 4.74 Å². The van der Waals surface area contributed by atoms with Crippen LogP contribution < -0.4 is 15.0 Å². The Bertz CT molecular complexity index is 1050. The fraction of sp³-hybridized carbons (Fsp3) is 0.136. The summed E-state index contributed by atoms with van der Waals surface area (Å²) in [6.45, 7) is 1.92. The molecule has 1 aliphatic heterocycles. The summed E-state index contributed by atoms with van der Waals surface area (Å²) >= 11 is 0. The maximum absolute atomic E-state index is 13.1. The molecule has 0 fully saturated rings. The van der Waals surface area contributed by atoms with E-state index in [1.807, 2.05) is 30.3 Å². The van der Waals surface area contributed by atoms with Crippen molar-refractivity contribution >= 4 is 23.2 Å².